The van der Waals surface area contributed by atoms with Crippen molar-refractivity contribution in [3.8, 4) is 11.3 Å². The minimum atomic E-state index is 0.617. The molecule has 0 aliphatic heterocycles. The fourth-order valence-electron chi connectivity index (χ4n) is 3.36. The Hall–Kier alpha value is -3.28. The lowest BCUT2D eigenvalue weighted by Gasteiger charge is -2.04. The molecule has 0 saturated carbocycles. The zero-order chi connectivity index (χ0) is 18.8. The third kappa shape index (κ3) is 3.03. The standard InChI is InChI=1S/C21H23N6/c1-4-26-15-27(5-2)24-21(26)23-22-19-17-13-9-10-14-18(17)25(3)20(19)16-11-7-6-8-12-16/h6-15H,4-5H2,1-3H3/q+1. The molecule has 27 heavy (non-hydrogen) atoms. The Bertz CT molecular complexity index is 1100. The van der Waals surface area contributed by atoms with E-state index in [2.05, 4.69) is 65.1 Å². The van der Waals surface area contributed by atoms with Crippen LogP contribution in [-0.4, -0.2) is 14.3 Å². The Labute approximate surface area is 158 Å². The summed E-state index contributed by atoms with van der Waals surface area (Å²) < 4.78 is 6.05. The summed E-state index contributed by atoms with van der Waals surface area (Å²) in [6.07, 6.45) is 1.97. The lowest BCUT2D eigenvalue weighted by atomic mass is 10.1. The summed E-state index contributed by atoms with van der Waals surface area (Å²) in [6.45, 7) is 5.74. The van der Waals surface area contributed by atoms with E-state index in [-0.39, 0.29) is 0 Å². The lowest BCUT2D eigenvalue weighted by Crippen LogP contribution is -2.30. The van der Waals surface area contributed by atoms with Gasteiger partial charge in [0.15, 0.2) is 6.33 Å². The van der Waals surface area contributed by atoms with Crippen molar-refractivity contribution in [3.05, 3.63) is 60.9 Å². The quantitative estimate of drug-likeness (QED) is 0.373. The maximum Gasteiger partial charge on any atom is 0.435 e. The van der Waals surface area contributed by atoms with Crippen molar-refractivity contribution < 1.29 is 4.57 Å². The van der Waals surface area contributed by atoms with E-state index < -0.39 is 0 Å². The van der Waals surface area contributed by atoms with Crippen LogP contribution in [0.25, 0.3) is 22.2 Å². The Balaban J connectivity index is 1.90. The van der Waals surface area contributed by atoms with Crippen molar-refractivity contribution in [1.82, 2.24) is 14.3 Å². The normalized spacial score (nSPS) is 11.7. The van der Waals surface area contributed by atoms with Gasteiger partial charge in [-0.15, -0.1) is 4.68 Å². The monoisotopic (exact) mass is 359 g/mol. The molecule has 0 bridgehead atoms. The fourth-order valence-corrected chi connectivity index (χ4v) is 3.36. The van der Waals surface area contributed by atoms with Crippen LogP contribution in [0.3, 0.4) is 0 Å². The minimum absolute atomic E-state index is 0.617. The Morgan fingerprint density at radius 2 is 1.70 bits per heavy atom. The maximum atomic E-state index is 4.67. The SMILES string of the molecule is CCn1c[n+](CC)c(N=Nc2c(-c3ccccc3)n(C)c3ccccc23)n1. The molecule has 0 fully saturated rings. The third-order valence-electron chi connectivity index (χ3n) is 4.78. The van der Waals surface area contributed by atoms with E-state index in [0.717, 1.165) is 40.9 Å². The largest absolute Gasteiger partial charge is 0.435 e. The van der Waals surface area contributed by atoms with Gasteiger partial charge in [0.05, 0.1) is 24.3 Å². The van der Waals surface area contributed by atoms with Crippen LogP contribution in [0.2, 0.25) is 0 Å². The van der Waals surface area contributed by atoms with Crippen LogP contribution in [-0.2, 0) is 20.1 Å². The van der Waals surface area contributed by atoms with Crippen LogP contribution >= 0.6 is 0 Å². The topological polar surface area (TPSA) is 51.4 Å². The second-order valence-electron chi connectivity index (χ2n) is 6.40. The first-order valence-electron chi connectivity index (χ1n) is 9.24. The number of hydrogen-bond donors (Lipinski definition) is 0. The van der Waals surface area contributed by atoms with E-state index in [0.29, 0.717) is 5.95 Å². The van der Waals surface area contributed by atoms with E-state index in [1.165, 1.54) is 0 Å². The highest BCUT2D eigenvalue weighted by Crippen LogP contribution is 2.39. The van der Waals surface area contributed by atoms with Crippen LogP contribution < -0.4 is 4.57 Å². The first kappa shape index (κ1) is 17.1. The summed E-state index contributed by atoms with van der Waals surface area (Å²) in [5.41, 5.74) is 4.17. The van der Waals surface area contributed by atoms with Gasteiger partial charge in [-0.2, -0.15) is 0 Å². The molecule has 136 valence electrons. The van der Waals surface area contributed by atoms with E-state index in [1.54, 1.807) is 0 Å². The number of benzene rings is 2. The molecular formula is C21H23N6+. The molecule has 0 aliphatic carbocycles. The number of hydrogen-bond acceptors (Lipinski definition) is 3. The summed E-state index contributed by atoms with van der Waals surface area (Å²) in [7, 11) is 2.07. The minimum Gasteiger partial charge on any atom is -0.342 e. The number of rotatable bonds is 5. The molecule has 2 aromatic heterocycles. The molecular weight excluding hydrogens is 336 g/mol. The zero-order valence-corrected chi connectivity index (χ0v) is 15.9. The van der Waals surface area contributed by atoms with Crippen LogP contribution in [0.4, 0.5) is 11.6 Å². The van der Waals surface area contributed by atoms with Crippen molar-refractivity contribution in [3.63, 3.8) is 0 Å². The predicted molar refractivity (Wildman–Crippen MR) is 106 cm³/mol. The fraction of sp³-hybridized carbons (Fsp3) is 0.238. The summed E-state index contributed by atoms with van der Waals surface area (Å²) in [6, 6.07) is 18.6. The molecule has 0 saturated heterocycles. The number of nitrogens with zero attached hydrogens (tertiary/aromatic N) is 6. The number of aromatic nitrogens is 4. The number of azo groups is 1. The van der Waals surface area contributed by atoms with Gasteiger partial charge in [0.1, 0.15) is 5.69 Å². The van der Waals surface area contributed by atoms with Gasteiger partial charge >= 0.3 is 5.95 Å². The van der Waals surface area contributed by atoms with Gasteiger partial charge in [-0.25, -0.2) is 4.57 Å². The van der Waals surface area contributed by atoms with Crippen molar-refractivity contribution in [1.29, 1.82) is 0 Å². The second-order valence-corrected chi connectivity index (χ2v) is 6.40. The highest BCUT2D eigenvalue weighted by Gasteiger charge is 2.19. The van der Waals surface area contributed by atoms with Crippen molar-refractivity contribution in [2.45, 2.75) is 26.9 Å². The van der Waals surface area contributed by atoms with E-state index in [1.807, 2.05) is 45.9 Å². The summed E-state index contributed by atoms with van der Waals surface area (Å²) in [5.74, 6) is 0.617. The Morgan fingerprint density at radius 1 is 0.963 bits per heavy atom. The number of fused-ring (bicyclic) bond motifs is 1. The van der Waals surface area contributed by atoms with E-state index in [9.17, 15) is 0 Å². The summed E-state index contributed by atoms with van der Waals surface area (Å²) in [4.78, 5) is 0. The van der Waals surface area contributed by atoms with Gasteiger partial charge in [-0.1, -0.05) is 53.6 Å². The van der Waals surface area contributed by atoms with Crippen LogP contribution in [0.5, 0.6) is 0 Å². The molecule has 0 aliphatic rings. The molecule has 6 heteroatoms. The Kier molecular flexibility index (Phi) is 4.54. The van der Waals surface area contributed by atoms with Gasteiger partial charge in [-0.05, 0) is 19.9 Å². The zero-order valence-electron chi connectivity index (χ0n) is 15.9. The summed E-state index contributed by atoms with van der Waals surface area (Å²) >= 11 is 0. The molecule has 4 rings (SSSR count). The molecule has 2 aromatic carbocycles. The first-order chi connectivity index (χ1) is 13.2. The van der Waals surface area contributed by atoms with Gasteiger partial charge in [0, 0.05) is 28.2 Å². The molecule has 4 aromatic rings. The summed E-state index contributed by atoms with van der Waals surface area (Å²) in [5, 5.41) is 14.8. The average molecular weight is 359 g/mol. The third-order valence-corrected chi connectivity index (χ3v) is 4.78. The molecule has 6 nitrogen and oxygen atoms in total. The van der Waals surface area contributed by atoms with Gasteiger partial charge in [0.2, 0.25) is 0 Å². The van der Waals surface area contributed by atoms with Crippen LogP contribution in [0.15, 0.2) is 71.2 Å². The van der Waals surface area contributed by atoms with Crippen LogP contribution in [0.1, 0.15) is 13.8 Å². The molecule has 0 N–H and O–H groups in total. The lowest BCUT2D eigenvalue weighted by molar-refractivity contribution is -0.681. The van der Waals surface area contributed by atoms with Gasteiger partial charge in [0.25, 0.3) is 0 Å². The molecule has 0 atom stereocenters. The van der Waals surface area contributed by atoms with Crippen molar-refractivity contribution in [2.75, 3.05) is 0 Å². The van der Waals surface area contributed by atoms with Crippen molar-refractivity contribution >= 4 is 22.5 Å². The molecule has 0 unspecified atom stereocenters. The van der Waals surface area contributed by atoms with Gasteiger partial charge in [-0.3, -0.25) is 0 Å². The van der Waals surface area contributed by atoms with E-state index in [4.69, 9.17) is 0 Å². The molecule has 2 heterocycles. The number of aryl methyl sites for hydroxylation is 3. The second kappa shape index (κ2) is 7.15. The van der Waals surface area contributed by atoms with Crippen LogP contribution in [0, 0.1) is 0 Å². The molecule has 0 spiro atoms. The number of para-hydroxylation sites is 1. The van der Waals surface area contributed by atoms with Crippen molar-refractivity contribution in [2.24, 2.45) is 17.3 Å². The Morgan fingerprint density at radius 3 is 2.44 bits per heavy atom. The van der Waals surface area contributed by atoms with E-state index >= 15 is 0 Å². The average Bonchev–Trinajstić information content (AvgIpc) is 3.25. The smallest absolute Gasteiger partial charge is 0.342 e. The highest BCUT2D eigenvalue weighted by molar-refractivity contribution is 6.00. The first-order valence-corrected chi connectivity index (χ1v) is 9.24. The maximum absolute atomic E-state index is 4.67. The van der Waals surface area contributed by atoms with Gasteiger partial charge < -0.3 is 4.57 Å². The molecule has 0 amide bonds. The predicted octanol–water partition coefficient (Wildman–Crippen LogP) is 4.78. The molecule has 0 radical (unpaired) electrons. The highest BCUT2D eigenvalue weighted by atomic mass is 15.4.